The maximum Gasteiger partial charge on any atom is 0.411 e. The molecule has 15 heavy (non-hydrogen) atoms. The van der Waals surface area contributed by atoms with E-state index in [-0.39, 0.29) is 18.7 Å². The van der Waals surface area contributed by atoms with Gasteiger partial charge in [-0.25, -0.2) is 4.98 Å². The van der Waals surface area contributed by atoms with Crippen LogP contribution in [-0.2, 0) is 0 Å². The van der Waals surface area contributed by atoms with Crippen molar-refractivity contribution in [3.05, 3.63) is 12.2 Å². The molecule has 0 aliphatic heterocycles. The Morgan fingerprint density at radius 2 is 2.20 bits per heavy atom. The minimum absolute atomic E-state index is 0.0869. The summed E-state index contributed by atoms with van der Waals surface area (Å²) in [5.41, 5.74) is -2.06. The number of nitrogens with one attached hydrogen (secondary N) is 2. The molecule has 0 atom stereocenters. The van der Waals surface area contributed by atoms with E-state index in [1.165, 1.54) is 0 Å². The van der Waals surface area contributed by atoms with Crippen molar-refractivity contribution in [2.24, 2.45) is 0 Å². The number of nitrogens with zero attached hydrogens (tertiary/aromatic N) is 2. The maximum absolute atomic E-state index is 12.4. The molecule has 0 saturated heterocycles. The summed E-state index contributed by atoms with van der Waals surface area (Å²) in [6.07, 6.45) is -3.53. The molecule has 1 amide bonds. The summed E-state index contributed by atoms with van der Waals surface area (Å²) in [6, 6.07) is 0. The Balaban J connectivity index is 2.08. The molecular weight excluding hydrogens is 213 g/mol. The number of carbonyl (C=O) groups is 1. The van der Waals surface area contributed by atoms with E-state index in [4.69, 9.17) is 0 Å². The first kappa shape index (κ1) is 9.94. The Hall–Kier alpha value is -1.60. The van der Waals surface area contributed by atoms with Crippen LogP contribution in [0.1, 0.15) is 23.5 Å². The van der Waals surface area contributed by atoms with Crippen LogP contribution in [-0.4, -0.2) is 32.8 Å². The third-order valence-electron chi connectivity index (χ3n) is 2.28. The van der Waals surface area contributed by atoms with Gasteiger partial charge < -0.3 is 5.32 Å². The number of rotatable bonds is 2. The normalized spacial score (nSPS) is 18.6. The molecule has 0 bridgehead atoms. The molecule has 1 aromatic heterocycles. The van der Waals surface area contributed by atoms with E-state index < -0.39 is 17.6 Å². The number of H-pyrrole nitrogens is 1. The van der Waals surface area contributed by atoms with Crippen molar-refractivity contribution in [3.8, 4) is 0 Å². The quantitative estimate of drug-likeness (QED) is 0.767. The van der Waals surface area contributed by atoms with E-state index in [1.54, 1.807) is 0 Å². The molecule has 0 radical (unpaired) electrons. The molecule has 1 fully saturated rings. The van der Waals surface area contributed by atoms with Crippen molar-refractivity contribution >= 4 is 5.91 Å². The first-order valence-corrected chi connectivity index (χ1v) is 4.19. The highest BCUT2D eigenvalue weighted by molar-refractivity contribution is 5.91. The summed E-state index contributed by atoms with van der Waals surface area (Å²) in [6.45, 7) is 0. The molecule has 1 aliphatic carbocycles. The number of hydrogen-bond donors (Lipinski definition) is 2. The average molecular weight is 220 g/mol. The summed E-state index contributed by atoms with van der Waals surface area (Å²) in [4.78, 5) is 14.7. The largest absolute Gasteiger partial charge is 0.411 e. The Kier molecular flexibility index (Phi) is 1.95. The standard InChI is InChI=1S/C7H7F3N4O/c8-7(9,10)6(1-2-6)13-5(15)4-11-3-12-14-4/h3H,1-2H2,(H,13,15)(H,11,12,14). The third kappa shape index (κ3) is 1.66. The number of halogens is 3. The van der Waals surface area contributed by atoms with Crippen molar-refractivity contribution in [2.45, 2.75) is 24.6 Å². The zero-order valence-electron chi connectivity index (χ0n) is 7.43. The third-order valence-corrected chi connectivity index (χ3v) is 2.28. The van der Waals surface area contributed by atoms with E-state index in [0.717, 1.165) is 6.33 Å². The summed E-state index contributed by atoms with van der Waals surface area (Å²) < 4.78 is 37.3. The number of carbonyl (C=O) groups excluding carboxylic acids is 1. The van der Waals surface area contributed by atoms with Crippen molar-refractivity contribution in [1.29, 1.82) is 0 Å². The predicted molar refractivity (Wildman–Crippen MR) is 41.9 cm³/mol. The molecule has 0 spiro atoms. The van der Waals surface area contributed by atoms with Crippen LogP contribution >= 0.6 is 0 Å². The van der Waals surface area contributed by atoms with Crippen LogP contribution in [0, 0.1) is 0 Å². The van der Waals surface area contributed by atoms with Crippen LogP contribution in [0.15, 0.2) is 6.33 Å². The molecule has 2 N–H and O–H groups in total. The van der Waals surface area contributed by atoms with E-state index >= 15 is 0 Å². The van der Waals surface area contributed by atoms with Gasteiger partial charge in [-0.3, -0.25) is 9.89 Å². The molecule has 0 unspecified atom stereocenters. The molecule has 1 saturated carbocycles. The summed E-state index contributed by atoms with van der Waals surface area (Å²) in [5.74, 6) is -1.10. The molecule has 5 nitrogen and oxygen atoms in total. The molecule has 82 valence electrons. The van der Waals surface area contributed by atoms with Gasteiger partial charge in [0.2, 0.25) is 5.82 Å². The lowest BCUT2D eigenvalue weighted by Crippen LogP contribution is -2.48. The van der Waals surface area contributed by atoms with Crippen LogP contribution in [0.5, 0.6) is 0 Å². The summed E-state index contributed by atoms with van der Waals surface area (Å²) >= 11 is 0. The van der Waals surface area contributed by atoms with Gasteiger partial charge in [0.1, 0.15) is 11.9 Å². The SMILES string of the molecule is O=C(NC1(C(F)(F)F)CC1)c1ncn[nH]1. The summed E-state index contributed by atoms with van der Waals surface area (Å²) in [7, 11) is 0. The molecule has 2 rings (SSSR count). The Bertz CT molecular complexity index is 368. The van der Waals surface area contributed by atoms with E-state index in [9.17, 15) is 18.0 Å². The monoisotopic (exact) mass is 220 g/mol. The van der Waals surface area contributed by atoms with Gasteiger partial charge in [-0.05, 0) is 12.8 Å². The van der Waals surface area contributed by atoms with Crippen LogP contribution < -0.4 is 5.32 Å². The molecular formula is C7H7F3N4O. The molecule has 1 heterocycles. The smallest absolute Gasteiger partial charge is 0.335 e. The molecule has 0 aromatic carbocycles. The lowest BCUT2D eigenvalue weighted by molar-refractivity contribution is -0.163. The van der Waals surface area contributed by atoms with Crippen LogP contribution in [0.4, 0.5) is 13.2 Å². The second-order valence-corrected chi connectivity index (χ2v) is 3.37. The Labute approximate surface area is 82.1 Å². The Morgan fingerprint density at radius 3 is 2.60 bits per heavy atom. The van der Waals surface area contributed by atoms with E-state index in [0.29, 0.717) is 0 Å². The molecule has 8 heteroatoms. The number of aromatic nitrogens is 3. The van der Waals surface area contributed by atoms with Crippen LogP contribution in [0.2, 0.25) is 0 Å². The Morgan fingerprint density at radius 1 is 1.53 bits per heavy atom. The van der Waals surface area contributed by atoms with Crippen LogP contribution in [0.3, 0.4) is 0 Å². The fraction of sp³-hybridized carbons (Fsp3) is 0.571. The van der Waals surface area contributed by atoms with Crippen molar-refractivity contribution in [1.82, 2.24) is 20.5 Å². The zero-order chi connectivity index (χ0) is 11.1. The maximum atomic E-state index is 12.4. The van der Waals surface area contributed by atoms with Gasteiger partial charge in [0, 0.05) is 0 Å². The lowest BCUT2D eigenvalue weighted by atomic mass is 10.2. The average Bonchev–Trinajstić information content (AvgIpc) is 2.74. The van der Waals surface area contributed by atoms with Crippen molar-refractivity contribution < 1.29 is 18.0 Å². The minimum Gasteiger partial charge on any atom is -0.335 e. The van der Waals surface area contributed by atoms with E-state index in [1.807, 2.05) is 5.32 Å². The first-order valence-electron chi connectivity index (χ1n) is 4.19. The van der Waals surface area contributed by atoms with Gasteiger partial charge in [-0.1, -0.05) is 0 Å². The number of alkyl halides is 3. The highest BCUT2D eigenvalue weighted by Gasteiger charge is 2.64. The van der Waals surface area contributed by atoms with Gasteiger partial charge in [0.25, 0.3) is 5.91 Å². The second kappa shape index (κ2) is 2.94. The van der Waals surface area contributed by atoms with Crippen molar-refractivity contribution in [3.63, 3.8) is 0 Å². The number of amides is 1. The van der Waals surface area contributed by atoms with Gasteiger partial charge in [-0.2, -0.15) is 18.3 Å². The van der Waals surface area contributed by atoms with Gasteiger partial charge in [0.15, 0.2) is 0 Å². The second-order valence-electron chi connectivity index (χ2n) is 3.37. The minimum atomic E-state index is -4.41. The molecule has 1 aliphatic rings. The zero-order valence-corrected chi connectivity index (χ0v) is 7.43. The highest BCUT2D eigenvalue weighted by atomic mass is 19.4. The number of aromatic amines is 1. The topological polar surface area (TPSA) is 70.7 Å². The fourth-order valence-electron chi connectivity index (χ4n) is 1.20. The van der Waals surface area contributed by atoms with E-state index in [2.05, 4.69) is 15.2 Å². The summed E-state index contributed by atoms with van der Waals surface area (Å²) in [5, 5.41) is 7.49. The predicted octanol–water partition coefficient (Wildman–Crippen LogP) is 0.629. The van der Waals surface area contributed by atoms with Gasteiger partial charge in [0.05, 0.1) is 0 Å². The van der Waals surface area contributed by atoms with Crippen molar-refractivity contribution in [2.75, 3.05) is 0 Å². The van der Waals surface area contributed by atoms with Gasteiger partial charge >= 0.3 is 6.18 Å². The van der Waals surface area contributed by atoms with Crippen LogP contribution in [0.25, 0.3) is 0 Å². The van der Waals surface area contributed by atoms with Gasteiger partial charge in [-0.15, -0.1) is 0 Å². The lowest BCUT2D eigenvalue weighted by Gasteiger charge is -2.19. The molecule has 1 aromatic rings. The first-order chi connectivity index (χ1) is 6.95. The fourth-order valence-corrected chi connectivity index (χ4v) is 1.20. The number of hydrogen-bond acceptors (Lipinski definition) is 3. The highest BCUT2D eigenvalue weighted by Crippen LogP contribution is 2.48.